The first-order valence-electron chi connectivity index (χ1n) is 5.47. The molecule has 1 N–H and O–H groups in total. The lowest BCUT2D eigenvalue weighted by atomic mass is 9.96. The smallest absolute Gasteiger partial charge is 0.307 e. The van der Waals surface area contributed by atoms with E-state index in [1.807, 2.05) is 30.3 Å². The van der Waals surface area contributed by atoms with E-state index in [0.717, 1.165) is 5.56 Å². The van der Waals surface area contributed by atoms with E-state index in [1.165, 1.54) is 4.90 Å². The molecule has 1 aromatic carbocycles. The minimum Gasteiger partial charge on any atom is -0.481 e. The highest BCUT2D eigenvalue weighted by molar-refractivity contribution is 5.82. The quantitative estimate of drug-likeness (QED) is 0.839. The Morgan fingerprint density at radius 1 is 1.24 bits per heavy atom. The second-order valence-electron chi connectivity index (χ2n) is 4.22. The van der Waals surface area contributed by atoms with Crippen molar-refractivity contribution in [2.24, 2.45) is 5.92 Å². The van der Waals surface area contributed by atoms with Gasteiger partial charge in [-0.1, -0.05) is 30.3 Å². The van der Waals surface area contributed by atoms with Crippen molar-refractivity contribution in [3.8, 4) is 0 Å². The van der Waals surface area contributed by atoms with Crippen molar-refractivity contribution >= 4 is 11.9 Å². The zero-order valence-electron chi connectivity index (χ0n) is 10.1. The summed E-state index contributed by atoms with van der Waals surface area (Å²) in [7, 11) is 3.26. The van der Waals surface area contributed by atoms with Crippen LogP contribution in [-0.4, -0.2) is 36.0 Å². The van der Waals surface area contributed by atoms with Gasteiger partial charge < -0.3 is 10.0 Å². The highest BCUT2D eigenvalue weighted by Gasteiger charge is 2.22. The summed E-state index contributed by atoms with van der Waals surface area (Å²) in [6, 6.07) is 9.35. The van der Waals surface area contributed by atoms with E-state index in [-0.39, 0.29) is 12.3 Å². The number of hydrogen-bond donors (Lipinski definition) is 1. The molecule has 0 fully saturated rings. The van der Waals surface area contributed by atoms with Gasteiger partial charge in [0.1, 0.15) is 0 Å². The van der Waals surface area contributed by atoms with Gasteiger partial charge in [0.15, 0.2) is 0 Å². The Morgan fingerprint density at radius 3 is 2.29 bits per heavy atom. The summed E-state index contributed by atoms with van der Waals surface area (Å²) in [5, 5.41) is 9.09. The topological polar surface area (TPSA) is 57.6 Å². The lowest BCUT2D eigenvalue weighted by Gasteiger charge is -2.15. The van der Waals surface area contributed by atoms with Gasteiger partial charge in [-0.25, -0.2) is 0 Å². The first-order chi connectivity index (χ1) is 8.00. The molecule has 4 heteroatoms. The number of carboxylic acid groups (broad SMARTS) is 1. The van der Waals surface area contributed by atoms with Gasteiger partial charge >= 0.3 is 5.97 Å². The molecule has 1 rings (SSSR count). The van der Waals surface area contributed by atoms with Gasteiger partial charge in [0.25, 0.3) is 0 Å². The molecule has 1 atom stereocenters. The maximum atomic E-state index is 11.5. The fourth-order valence-corrected chi connectivity index (χ4v) is 1.54. The Bertz CT molecular complexity index is 387. The summed E-state index contributed by atoms with van der Waals surface area (Å²) in [5.74, 6) is -1.75. The predicted octanol–water partition coefficient (Wildman–Crippen LogP) is 1.41. The number of carboxylic acids is 1. The highest BCUT2D eigenvalue weighted by Crippen LogP contribution is 2.13. The molecule has 0 heterocycles. The Labute approximate surface area is 101 Å². The van der Waals surface area contributed by atoms with Crippen LogP contribution >= 0.6 is 0 Å². The molecule has 0 aromatic heterocycles. The molecule has 0 bridgehead atoms. The lowest BCUT2D eigenvalue weighted by Crippen LogP contribution is -2.28. The van der Waals surface area contributed by atoms with Gasteiger partial charge in [0.2, 0.25) is 5.91 Å². The summed E-state index contributed by atoms with van der Waals surface area (Å²) in [5.41, 5.74) is 0.937. The number of benzene rings is 1. The van der Waals surface area contributed by atoms with Crippen LogP contribution in [0.3, 0.4) is 0 Å². The van der Waals surface area contributed by atoms with Crippen LogP contribution in [0.25, 0.3) is 0 Å². The molecule has 0 aliphatic heterocycles. The van der Waals surface area contributed by atoms with E-state index >= 15 is 0 Å². The summed E-state index contributed by atoms with van der Waals surface area (Å²) in [6.07, 6.45) is 0.424. The number of amides is 1. The van der Waals surface area contributed by atoms with Crippen LogP contribution in [0, 0.1) is 5.92 Å². The summed E-state index contributed by atoms with van der Waals surface area (Å²) in [4.78, 5) is 24.0. The van der Waals surface area contributed by atoms with Crippen molar-refractivity contribution in [1.29, 1.82) is 0 Å². The minimum atomic E-state index is -0.927. The van der Waals surface area contributed by atoms with Crippen molar-refractivity contribution in [2.75, 3.05) is 14.1 Å². The van der Waals surface area contributed by atoms with E-state index in [0.29, 0.717) is 6.42 Å². The zero-order chi connectivity index (χ0) is 12.8. The predicted molar refractivity (Wildman–Crippen MR) is 64.6 cm³/mol. The Balaban J connectivity index is 2.68. The number of hydrogen-bond acceptors (Lipinski definition) is 2. The first kappa shape index (κ1) is 13.2. The monoisotopic (exact) mass is 235 g/mol. The maximum Gasteiger partial charge on any atom is 0.307 e. The Kier molecular flexibility index (Phi) is 4.69. The molecule has 0 aliphatic rings. The van der Waals surface area contributed by atoms with Crippen molar-refractivity contribution < 1.29 is 14.7 Å². The number of rotatable bonds is 5. The van der Waals surface area contributed by atoms with Gasteiger partial charge in [-0.05, 0) is 12.0 Å². The molecule has 17 heavy (non-hydrogen) atoms. The third kappa shape index (κ3) is 4.26. The van der Waals surface area contributed by atoms with Crippen molar-refractivity contribution in [3.05, 3.63) is 35.9 Å². The Hall–Kier alpha value is -1.84. The van der Waals surface area contributed by atoms with Crippen LogP contribution in [0.1, 0.15) is 12.0 Å². The summed E-state index contributed by atoms with van der Waals surface area (Å²) < 4.78 is 0. The van der Waals surface area contributed by atoms with Gasteiger partial charge in [0.05, 0.1) is 5.92 Å². The normalized spacial score (nSPS) is 11.9. The average molecular weight is 235 g/mol. The van der Waals surface area contributed by atoms with Crippen molar-refractivity contribution in [3.63, 3.8) is 0 Å². The van der Waals surface area contributed by atoms with E-state index < -0.39 is 11.9 Å². The van der Waals surface area contributed by atoms with Crippen LogP contribution in [0.4, 0.5) is 0 Å². The van der Waals surface area contributed by atoms with Gasteiger partial charge in [-0.15, -0.1) is 0 Å². The molecule has 1 aromatic rings. The second-order valence-corrected chi connectivity index (χ2v) is 4.22. The molecule has 92 valence electrons. The van der Waals surface area contributed by atoms with Gasteiger partial charge in [-0.3, -0.25) is 9.59 Å². The fraction of sp³-hybridized carbons (Fsp3) is 0.385. The van der Waals surface area contributed by atoms with Crippen molar-refractivity contribution in [1.82, 2.24) is 4.90 Å². The molecule has 0 saturated carbocycles. The van der Waals surface area contributed by atoms with E-state index in [2.05, 4.69) is 0 Å². The van der Waals surface area contributed by atoms with Crippen LogP contribution in [0.15, 0.2) is 30.3 Å². The lowest BCUT2D eigenvalue weighted by molar-refractivity contribution is -0.145. The maximum absolute atomic E-state index is 11.5. The molecular weight excluding hydrogens is 218 g/mol. The number of aliphatic carboxylic acids is 1. The third-order valence-electron chi connectivity index (χ3n) is 2.59. The van der Waals surface area contributed by atoms with E-state index in [4.69, 9.17) is 5.11 Å². The Morgan fingerprint density at radius 2 is 1.82 bits per heavy atom. The summed E-state index contributed by atoms with van der Waals surface area (Å²) in [6.45, 7) is 0. The third-order valence-corrected chi connectivity index (χ3v) is 2.59. The number of carbonyl (C=O) groups is 2. The number of carbonyl (C=O) groups excluding carboxylic acids is 1. The molecule has 0 spiro atoms. The number of nitrogens with zero attached hydrogens (tertiary/aromatic N) is 1. The highest BCUT2D eigenvalue weighted by atomic mass is 16.4. The van der Waals surface area contributed by atoms with Crippen molar-refractivity contribution in [2.45, 2.75) is 12.8 Å². The molecule has 1 amide bonds. The van der Waals surface area contributed by atoms with Crippen LogP contribution < -0.4 is 0 Å². The van der Waals surface area contributed by atoms with Gasteiger partial charge in [0, 0.05) is 20.5 Å². The van der Waals surface area contributed by atoms with E-state index in [1.54, 1.807) is 14.1 Å². The average Bonchev–Trinajstić information content (AvgIpc) is 2.29. The molecule has 4 nitrogen and oxygen atoms in total. The fourth-order valence-electron chi connectivity index (χ4n) is 1.54. The molecule has 1 unspecified atom stereocenters. The van der Waals surface area contributed by atoms with Crippen LogP contribution in [-0.2, 0) is 16.0 Å². The van der Waals surface area contributed by atoms with Crippen LogP contribution in [0.5, 0.6) is 0 Å². The van der Waals surface area contributed by atoms with E-state index in [9.17, 15) is 9.59 Å². The molecule has 0 radical (unpaired) electrons. The molecule has 0 aliphatic carbocycles. The van der Waals surface area contributed by atoms with Gasteiger partial charge in [-0.2, -0.15) is 0 Å². The minimum absolute atomic E-state index is 0.0389. The first-order valence-corrected chi connectivity index (χ1v) is 5.47. The molecule has 0 saturated heterocycles. The standard InChI is InChI=1S/C13H17NO3/c1-14(2)12(15)9-11(13(16)17)8-10-6-4-3-5-7-10/h3-7,11H,8-9H2,1-2H3,(H,16,17). The zero-order valence-corrected chi connectivity index (χ0v) is 10.1. The van der Waals surface area contributed by atoms with Crippen LogP contribution in [0.2, 0.25) is 0 Å². The summed E-state index contributed by atoms with van der Waals surface area (Å²) >= 11 is 0. The molecular formula is C13H17NO3. The largest absolute Gasteiger partial charge is 0.481 e. The second kappa shape index (κ2) is 6.03. The SMILES string of the molecule is CN(C)C(=O)CC(Cc1ccccc1)C(=O)O.